The van der Waals surface area contributed by atoms with Gasteiger partial charge < -0.3 is 14.6 Å². The predicted octanol–water partition coefficient (Wildman–Crippen LogP) is 1.18. The Kier molecular flexibility index (Phi) is 6.86. The van der Waals surface area contributed by atoms with E-state index < -0.39 is 10.0 Å². The first-order valence-electron chi connectivity index (χ1n) is 7.17. The Hall–Kier alpha value is -0.890. The Bertz CT molecular complexity index is 540. The van der Waals surface area contributed by atoms with Crippen LogP contribution in [0.5, 0.6) is 0 Å². The van der Waals surface area contributed by atoms with Crippen LogP contribution in [-0.4, -0.2) is 50.6 Å². The number of rotatable bonds is 9. The average Bonchev–Trinajstić information content (AvgIpc) is 2.81. The molecule has 21 heavy (non-hydrogen) atoms. The van der Waals surface area contributed by atoms with Crippen LogP contribution >= 0.6 is 0 Å². The van der Waals surface area contributed by atoms with Crippen LogP contribution in [0.3, 0.4) is 0 Å². The summed E-state index contributed by atoms with van der Waals surface area (Å²) in [4.78, 5) is 0.323. The fraction of sp³-hybridized carbons (Fsp3) is 0.714. The summed E-state index contributed by atoms with van der Waals surface area (Å²) in [5.41, 5.74) is 0.954. The van der Waals surface area contributed by atoms with Gasteiger partial charge in [0.1, 0.15) is 4.90 Å². The van der Waals surface area contributed by atoms with E-state index in [9.17, 15) is 8.42 Å². The van der Waals surface area contributed by atoms with Crippen molar-refractivity contribution >= 4 is 10.0 Å². The maximum absolute atomic E-state index is 12.6. The molecule has 1 heterocycles. The highest BCUT2D eigenvalue weighted by Gasteiger charge is 2.26. The van der Waals surface area contributed by atoms with Gasteiger partial charge in [-0.25, -0.2) is 8.42 Å². The van der Waals surface area contributed by atoms with Crippen LogP contribution in [0.2, 0.25) is 0 Å². The summed E-state index contributed by atoms with van der Waals surface area (Å²) in [6, 6.07) is 1.52. The van der Waals surface area contributed by atoms with Crippen LogP contribution in [0.25, 0.3) is 0 Å². The molecule has 122 valence electrons. The zero-order valence-electron chi connectivity index (χ0n) is 13.6. The van der Waals surface area contributed by atoms with Gasteiger partial charge in [0.25, 0.3) is 0 Å². The Balaban J connectivity index is 2.91. The van der Waals surface area contributed by atoms with Crippen molar-refractivity contribution in [1.29, 1.82) is 0 Å². The van der Waals surface area contributed by atoms with Gasteiger partial charge in [-0.1, -0.05) is 6.92 Å². The lowest BCUT2D eigenvalue weighted by Gasteiger charge is -2.22. The second kappa shape index (κ2) is 7.93. The number of aryl methyl sites for hydroxylation is 1. The molecule has 7 heteroatoms. The molecule has 0 saturated heterocycles. The van der Waals surface area contributed by atoms with Crippen LogP contribution in [0.1, 0.15) is 26.0 Å². The minimum Gasteiger partial charge on any atom is -0.383 e. The first-order chi connectivity index (χ1) is 9.84. The summed E-state index contributed by atoms with van der Waals surface area (Å²) in [6.45, 7) is 5.87. The smallest absolute Gasteiger partial charge is 0.244 e. The number of nitrogens with one attached hydrogen (secondary N) is 1. The lowest BCUT2D eigenvalue weighted by Crippen LogP contribution is -2.37. The number of hydrogen-bond donors (Lipinski definition) is 1. The van der Waals surface area contributed by atoms with Crippen LogP contribution in [0, 0.1) is 0 Å². The topological polar surface area (TPSA) is 63.6 Å². The third-order valence-corrected chi connectivity index (χ3v) is 5.46. The molecule has 6 nitrogen and oxygen atoms in total. The number of sulfonamides is 1. The van der Waals surface area contributed by atoms with Crippen LogP contribution < -0.4 is 5.32 Å². The molecule has 0 aliphatic carbocycles. The first-order valence-corrected chi connectivity index (χ1v) is 8.61. The second-order valence-corrected chi connectivity index (χ2v) is 7.28. The van der Waals surface area contributed by atoms with Gasteiger partial charge >= 0.3 is 0 Å². The van der Waals surface area contributed by atoms with Gasteiger partial charge in [-0.3, -0.25) is 0 Å². The van der Waals surface area contributed by atoms with Crippen molar-refractivity contribution in [3.63, 3.8) is 0 Å². The van der Waals surface area contributed by atoms with Crippen molar-refractivity contribution in [2.45, 2.75) is 37.8 Å². The standard InChI is InChI=1S/C14H27N3O3S/c1-6-7-15-9-13-8-14(10-16(13)3)21(18,19)17(4)12(2)11-20-5/h8,10,12,15H,6-7,9,11H2,1-5H3. The molecule has 0 aliphatic rings. The fourth-order valence-corrected chi connectivity index (χ4v) is 3.48. The zero-order valence-corrected chi connectivity index (χ0v) is 14.4. The average molecular weight is 317 g/mol. The van der Waals surface area contributed by atoms with Gasteiger partial charge in [0.05, 0.1) is 6.61 Å². The van der Waals surface area contributed by atoms with E-state index in [0.717, 1.165) is 18.7 Å². The maximum atomic E-state index is 12.6. The number of likely N-dealkylation sites (N-methyl/N-ethyl adjacent to an activating group) is 1. The molecule has 0 fully saturated rings. The Morgan fingerprint density at radius 1 is 1.48 bits per heavy atom. The van der Waals surface area contributed by atoms with E-state index in [1.807, 2.05) is 18.5 Å². The monoisotopic (exact) mass is 317 g/mol. The third-order valence-electron chi connectivity index (χ3n) is 3.52. The Labute approximate surface area is 128 Å². The number of nitrogens with zero attached hydrogens (tertiary/aromatic N) is 2. The van der Waals surface area contributed by atoms with E-state index in [1.165, 1.54) is 4.31 Å². The molecule has 0 spiro atoms. The van der Waals surface area contributed by atoms with Crippen molar-refractivity contribution in [2.75, 3.05) is 27.3 Å². The Morgan fingerprint density at radius 3 is 2.71 bits per heavy atom. The summed E-state index contributed by atoms with van der Waals surface area (Å²) >= 11 is 0. The molecule has 1 aromatic heterocycles. The van der Waals surface area contributed by atoms with Gasteiger partial charge in [-0.15, -0.1) is 0 Å². The molecular formula is C14H27N3O3S. The molecule has 1 atom stereocenters. The highest BCUT2D eigenvalue weighted by molar-refractivity contribution is 7.89. The molecule has 1 aromatic rings. The summed E-state index contributed by atoms with van der Waals surface area (Å²) < 4.78 is 33.4. The molecule has 0 aliphatic heterocycles. The Morgan fingerprint density at radius 2 is 2.14 bits per heavy atom. The third kappa shape index (κ3) is 4.54. The summed E-state index contributed by atoms with van der Waals surface area (Å²) in [5, 5.41) is 3.28. The highest BCUT2D eigenvalue weighted by atomic mass is 32.2. The van der Waals surface area contributed by atoms with Crippen LogP contribution in [-0.2, 0) is 28.4 Å². The molecule has 1 rings (SSSR count). The van der Waals surface area contributed by atoms with E-state index in [2.05, 4.69) is 12.2 Å². The van der Waals surface area contributed by atoms with Crippen molar-refractivity contribution in [3.05, 3.63) is 18.0 Å². The summed E-state index contributed by atoms with van der Waals surface area (Å²) in [6.07, 6.45) is 2.71. The van der Waals surface area contributed by atoms with Gasteiger partial charge in [-0.2, -0.15) is 4.31 Å². The lowest BCUT2D eigenvalue weighted by atomic mass is 10.4. The van der Waals surface area contributed by atoms with E-state index in [4.69, 9.17) is 4.74 Å². The fourth-order valence-electron chi connectivity index (χ4n) is 2.04. The number of ether oxygens (including phenoxy) is 1. The molecule has 0 saturated carbocycles. The van der Waals surface area contributed by atoms with Crippen LogP contribution in [0.15, 0.2) is 17.2 Å². The zero-order chi connectivity index (χ0) is 16.0. The number of aromatic nitrogens is 1. The quantitative estimate of drug-likeness (QED) is 0.695. The normalized spacial score (nSPS) is 13.8. The molecule has 0 aromatic carbocycles. The van der Waals surface area contributed by atoms with E-state index >= 15 is 0 Å². The van der Waals surface area contributed by atoms with E-state index in [-0.39, 0.29) is 6.04 Å². The molecule has 0 amide bonds. The van der Waals surface area contributed by atoms with E-state index in [0.29, 0.717) is 18.0 Å². The first kappa shape index (κ1) is 18.2. The van der Waals surface area contributed by atoms with Crippen LogP contribution in [0.4, 0.5) is 0 Å². The minimum absolute atomic E-state index is 0.207. The van der Waals surface area contributed by atoms with Crippen molar-refractivity contribution in [3.8, 4) is 0 Å². The van der Waals surface area contributed by atoms with Crippen molar-refractivity contribution < 1.29 is 13.2 Å². The van der Waals surface area contributed by atoms with Crippen molar-refractivity contribution in [2.24, 2.45) is 7.05 Å². The number of methoxy groups -OCH3 is 1. The van der Waals surface area contributed by atoms with Gasteiger partial charge in [0, 0.05) is 45.7 Å². The summed E-state index contributed by atoms with van der Waals surface area (Å²) in [5.74, 6) is 0. The summed E-state index contributed by atoms with van der Waals surface area (Å²) in [7, 11) is 1.52. The van der Waals surface area contributed by atoms with Crippen molar-refractivity contribution in [1.82, 2.24) is 14.2 Å². The molecule has 1 unspecified atom stereocenters. The predicted molar refractivity (Wildman–Crippen MR) is 83.7 cm³/mol. The SMILES string of the molecule is CCCNCc1cc(S(=O)(=O)N(C)C(C)COC)cn1C. The molecule has 0 radical (unpaired) electrons. The second-order valence-electron chi connectivity index (χ2n) is 5.28. The largest absolute Gasteiger partial charge is 0.383 e. The van der Waals surface area contributed by atoms with E-state index in [1.54, 1.807) is 26.4 Å². The highest BCUT2D eigenvalue weighted by Crippen LogP contribution is 2.19. The molecular weight excluding hydrogens is 290 g/mol. The number of hydrogen-bond acceptors (Lipinski definition) is 4. The minimum atomic E-state index is -3.49. The van der Waals surface area contributed by atoms with Gasteiger partial charge in [0.15, 0.2) is 0 Å². The lowest BCUT2D eigenvalue weighted by molar-refractivity contribution is 0.149. The van der Waals surface area contributed by atoms with Gasteiger partial charge in [-0.05, 0) is 26.0 Å². The maximum Gasteiger partial charge on any atom is 0.244 e. The molecule has 1 N–H and O–H groups in total. The van der Waals surface area contributed by atoms with Gasteiger partial charge in [0.2, 0.25) is 10.0 Å². The molecule has 0 bridgehead atoms.